The van der Waals surface area contributed by atoms with E-state index in [0.29, 0.717) is 0 Å². The molecule has 0 aliphatic carbocycles. The van der Waals surface area contributed by atoms with Gasteiger partial charge < -0.3 is 5.11 Å². The summed E-state index contributed by atoms with van der Waals surface area (Å²) in [5, 5.41) is 10.4. The largest absolute Gasteiger partial charge is 0.480 e. The third-order valence-electron chi connectivity index (χ3n) is 1.84. The molecule has 0 spiro atoms. The van der Waals surface area contributed by atoms with Gasteiger partial charge in [-0.1, -0.05) is 0 Å². The van der Waals surface area contributed by atoms with Crippen molar-refractivity contribution in [3.8, 4) is 0 Å². The van der Waals surface area contributed by atoms with E-state index >= 15 is 0 Å². The maximum absolute atomic E-state index is 11.9. The topological polar surface area (TPSA) is 49.3 Å². The van der Waals surface area contributed by atoms with Crippen LogP contribution in [0.15, 0.2) is 0 Å². The molecule has 3 nitrogen and oxygen atoms in total. The summed E-state index contributed by atoms with van der Waals surface area (Å²) in [4.78, 5) is 10.2. The highest BCUT2D eigenvalue weighted by molar-refractivity contribution is 5.85. The number of carboxylic acids is 1. The molecule has 0 amide bonds. The number of aliphatic carboxylic acids is 1. The number of rotatable bonds is 1. The Kier molecular flexibility index (Phi) is 3.99. The van der Waals surface area contributed by atoms with E-state index in [1.807, 2.05) is 5.32 Å². The lowest BCUT2D eigenvalue weighted by Gasteiger charge is -2.14. The van der Waals surface area contributed by atoms with Crippen molar-refractivity contribution < 1.29 is 23.1 Å². The van der Waals surface area contributed by atoms with Crippen LogP contribution in [0.4, 0.5) is 13.2 Å². The van der Waals surface area contributed by atoms with Gasteiger partial charge in [-0.05, 0) is 12.8 Å². The van der Waals surface area contributed by atoms with E-state index in [-0.39, 0.29) is 25.2 Å². The number of hydrogen-bond donors (Lipinski definition) is 2. The van der Waals surface area contributed by atoms with Crippen molar-refractivity contribution in [1.82, 2.24) is 5.32 Å². The van der Waals surface area contributed by atoms with Crippen LogP contribution in [-0.4, -0.2) is 29.3 Å². The van der Waals surface area contributed by atoms with Gasteiger partial charge in [-0.15, -0.1) is 12.4 Å². The van der Waals surface area contributed by atoms with Crippen LogP contribution in [0.2, 0.25) is 0 Å². The van der Waals surface area contributed by atoms with E-state index in [0.717, 1.165) is 0 Å². The van der Waals surface area contributed by atoms with Gasteiger partial charge in [-0.25, -0.2) is 0 Å². The monoisotopic (exact) mass is 219 g/mol. The fourth-order valence-corrected chi connectivity index (χ4v) is 1.20. The van der Waals surface area contributed by atoms with Crippen LogP contribution in [0.5, 0.6) is 0 Å². The smallest absolute Gasteiger partial charge is 0.403 e. The lowest BCUT2D eigenvalue weighted by atomic mass is 10.2. The van der Waals surface area contributed by atoms with E-state index in [1.165, 1.54) is 0 Å². The van der Waals surface area contributed by atoms with Crippen molar-refractivity contribution in [2.45, 2.75) is 31.1 Å². The number of halogens is 4. The average Bonchev–Trinajstić information content (AvgIpc) is 2.30. The third-order valence-corrected chi connectivity index (χ3v) is 1.84. The normalized spacial score (nSPS) is 28.2. The lowest BCUT2D eigenvalue weighted by molar-refractivity contribution is -0.154. The standard InChI is InChI=1S/C6H8F3NO2.ClH/c7-6(8,9)4-2-1-3(10-4)5(11)12;/h3-4,10H,1-2H2,(H,11,12);1H/t3-,4+;/m0./s1. The molecular formula is C6H9ClF3NO2. The van der Waals surface area contributed by atoms with Gasteiger partial charge >= 0.3 is 12.1 Å². The van der Waals surface area contributed by atoms with Crippen molar-refractivity contribution >= 4 is 18.4 Å². The van der Waals surface area contributed by atoms with Crippen LogP contribution in [0.25, 0.3) is 0 Å². The number of nitrogens with one attached hydrogen (secondary N) is 1. The fourth-order valence-electron chi connectivity index (χ4n) is 1.20. The molecule has 78 valence electrons. The van der Waals surface area contributed by atoms with Crippen molar-refractivity contribution in [3.63, 3.8) is 0 Å². The molecule has 1 aliphatic heterocycles. The second-order valence-corrected chi connectivity index (χ2v) is 2.73. The molecule has 1 saturated heterocycles. The molecule has 0 aromatic heterocycles. The third kappa shape index (κ3) is 3.04. The fraction of sp³-hybridized carbons (Fsp3) is 0.833. The van der Waals surface area contributed by atoms with E-state index in [9.17, 15) is 18.0 Å². The minimum absolute atomic E-state index is 0. The zero-order chi connectivity index (χ0) is 9.35. The lowest BCUT2D eigenvalue weighted by Crippen LogP contribution is -2.43. The van der Waals surface area contributed by atoms with Crippen molar-refractivity contribution in [2.75, 3.05) is 0 Å². The molecule has 0 aromatic rings. The van der Waals surface area contributed by atoms with Gasteiger partial charge in [0.05, 0.1) is 0 Å². The molecular weight excluding hydrogens is 211 g/mol. The first-order valence-corrected chi connectivity index (χ1v) is 3.47. The predicted octanol–water partition coefficient (Wildman–Crippen LogP) is 1.18. The van der Waals surface area contributed by atoms with Crippen molar-refractivity contribution in [2.24, 2.45) is 0 Å². The maximum atomic E-state index is 11.9. The molecule has 0 radical (unpaired) electrons. The van der Waals surface area contributed by atoms with Gasteiger partial charge in [-0.2, -0.15) is 13.2 Å². The van der Waals surface area contributed by atoms with E-state index in [4.69, 9.17) is 5.11 Å². The minimum Gasteiger partial charge on any atom is -0.480 e. The molecule has 1 rings (SSSR count). The van der Waals surface area contributed by atoms with Crippen LogP contribution in [0, 0.1) is 0 Å². The molecule has 1 heterocycles. The van der Waals surface area contributed by atoms with Crippen molar-refractivity contribution in [1.29, 1.82) is 0 Å². The van der Waals surface area contributed by atoms with E-state index in [2.05, 4.69) is 0 Å². The Bertz CT molecular complexity index is 197. The molecule has 7 heteroatoms. The van der Waals surface area contributed by atoms with Crippen LogP contribution in [0.3, 0.4) is 0 Å². The Labute approximate surface area is 78.7 Å². The quantitative estimate of drug-likeness (QED) is 0.696. The highest BCUT2D eigenvalue weighted by atomic mass is 35.5. The summed E-state index contributed by atoms with van der Waals surface area (Å²) in [6, 6.07) is -2.70. The van der Waals surface area contributed by atoms with Gasteiger partial charge in [0.25, 0.3) is 0 Å². The summed E-state index contributed by atoms with van der Waals surface area (Å²) >= 11 is 0. The molecule has 0 bridgehead atoms. The molecule has 2 atom stereocenters. The second kappa shape index (κ2) is 4.15. The predicted molar refractivity (Wildman–Crippen MR) is 40.9 cm³/mol. The Morgan fingerprint density at radius 2 is 1.92 bits per heavy atom. The first kappa shape index (κ1) is 12.5. The van der Waals surface area contributed by atoms with Crippen LogP contribution < -0.4 is 5.32 Å². The molecule has 0 unspecified atom stereocenters. The summed E-state index contributed by atoms with van der Waals surface area (Å²) in [6.07, 6.45) is -4.44. The summed E-state index contributed by atoms with van der Waals surface area (Å²) in [7, 11) is 0. The molecule has 0 aromatic carbocycles. The van der Waals surface area contributed by atoms with Crippen LogP contribution >= 0.6 is 12.4 Å². The minimum atomic E-state index is -4.33. The van der Waals surface area contributed by atoms with Gasteiger partial charge in [-0.3, -0.25) is 10.1 Å². The number of hydrogen-bond acceptors (Lipinski definition) is 2. The van der Waals surface area contributed by atoms with Gasteiger partial charge in [0.2, 0.25) is 0 Å². The molecule has 1 aliphatic rings. The average molecular weight is 220 g/mol. The zero-order valence-electron chi connectivity index (χ0n) is 6.47. The van der Waals surface area contributed by atoms with Crippen LogP contribution in [0.1, 0.15) is 12.8 Å². The SMILES string of the molecule is Cl.O=C(O)[C@@H]1CC[C@H](C(F)(F)F)N1. The maximum Gasteiger partial charge on any atom is 0.403 e. The van der Waals surface area contributed by atoms with E-state index in [1.54, 1.807) is 0 Å². The number of carboxylic acid groups (broad SMARTS) is 1. The highest BCUT2D eigenvalue weighted by Gasteiger charge is 2.45. The summed E-state index contributed by atoms with van der Waals surface area (Å²) in [5.74, 6) is -1.22. The Morgan fingerprint density at radius 3 is 2.15 bits per heavy atom. The van der Waals surface area contributed by atoms with Gasteiger partial charge in [0, 0.05) is 0 Å². The summed E-state index contributed by atoms with van der Waals surface area (Å²) in [6.45, 7) is 0. The first-order valence-electron chi connectivity index (χ1n) is 3.47. The highest BCUT2D eigenvalue weighted by Crippen LogP contribution is 2.28. The Morgan fingerprint density at radius 1 is 1.38 bits per heavy atom. The van der Waals surface area contributed by atoms with E-state index < -0.39 is 24.2 Å². The van der Waals surface area contributed by atoms with Gasteiger partial charge in [0.1, 0.15) is 12.1 Å². The number of alkyl halides is 3. The van der Waals surface area contributed by atoms with Gasteiger partial charge in [0.15, 0.2) is 0 Å². The second-order valence-electron chi connectivity index (χ2n) is 2.73. The Balaban J connectivity index is 0.00000144. The summed E-state index contributed by atoms with van der Waals surface area (Å²) < 4.78 is 35.8. The molecule has 13 heavy (non-hydrogen) atoms. The van der Waals surface area contributed by atoms with Crippen LogP contribution in [-0.2, 0) is 4.79 Å². The molecule has 0 saturated carbocycles. The zero-order valence-corrected chi connectivity index (χ0v) is 7.28. The Hall–Kier alpha value is -0.490. The molecule has 2 N–H and O–H groups in total. The summed E-state index contributed by atoms with van der Waals surface area (Å²) in [5.41, 5.74) is 0. The van der Waals surface area contributed by atoms with Crippen molar-refractivity contribution in [3.05, 3.63) is 0 Å². The number of carbonyl (C=O) groups is 1. The first-order chi connectivity index (χ1) is 5.41. The molecule has 1 fully saturated rings.